The Labute approximate surface area is 130 Å². The molecule has 116 valence electrons. The lowest BCUT2D eigenvalue weighted by Gasteiger charge is -2.28. The van der Waals surface area contributed by atoms with Gasteiger partial charge in [0.05, 0.1) is 0 Å². The van der Waals surface area contributed by atoms with E-state index in [0.29, 0.717) is 12.0 Å². The first-order valence-electron chi connectivity index (χ1n) is 8.77. The van der Waals surface area contributed by atoms with Crippen molar-refractivity contribution in [1.82, 2.24) is 19.8 Å². The van der Waals surface area contributed by atoms with Gasteiger partial charge >= 0.3 is 0 Å². The molecule has 2 aromatic heterocycles. The number of anilines is 1. The molecule has 2 aromatic rings. The predicted octanol–water partition coefficient (Wildman–Crippen LogP) is 3.24. The lowest BCUT2D eigenvalue weighted by atomic mass is 9.84. The minimum absolute atomic E-state index is 0.501. The van der Waals surface area contributed by atoms with Gasteiger partial charge in [0.25, 0.3) is 0 Å². The van der Waals surface area contributed by atoms with Crippen LogP contribution in [0, 0.1) is 17.8 Å². The Kier molecular flexibility index (Phi) is 2.73. The van der Waals surface area contributed by atoms with Gasteiger partial charge in [-0.3, -0.25) is 0 Å². The highest BCUT2D eigenvalue weighted by molar-refractivity contribution is 5.45. The number of nitrogens with zero attached hydrogens (tertiary/aromatic N) is 4. The van der Waals surface area contributed by atoms with Gasteiger partial charge in [-0.15, -0.1) is 15.3 Å². The van der Waals surface area contributed by atoms with Crippen molar-refractivity contribution >= 4 is 11.5 Å². The first kappa shape index (κ1) is 12.9. The van der Waals surface area contributed by atoms with Crippen LogP contribution in [-0.2, 0) is 0 Å². The molecule has 22 heavy (non-hydrogen) atoms. The van der Waals surface area contributed by atoms with E-state index in [9.17, 15) is 0 Å². The SMILES string of the molecule is CC(Nc1ccc2nnc(C3CC3)n2n1)C1CC2CCC1C2. The van der Waals surface area contributed by atoms with E-state index in [1.165, 1.54) is 38.5 Å². The van der Waals surface area contributed by atoms with Crippen LogP contribution in [0.25, 0.3) is 5.65 Å². The summed E-state index contributed by atoms with van der Waals surface area (Å²) in [6.45, 7) is 2.32. The van der Waals surface area contributed by atoms with Crippen molar-refractivity contribution in [2.24, 2.45) is 17.8 Å². The van der Waals surface area contributed by atoms with Gasteiger partial charge in [-0.1, -0.05) is 6.42 Å². The summed E-state index contributed by atoms with van der Waals surface area (Å²) in [5.41, 5.74) is 0.861. The Balaban J connectivity index is 1.38. The summed E-state index contributed by atoms with van der Waals surface area (Å²) in [5, 5.41) is 16.9. The number of nitrogens with one attached hydrogen (secondary N) is 1. The normalized spacial score (nSPS) is 31.8. The van der Waals surface area contributed by atoms with E-state index in [1.807, 2.05) is 16.6 Å². The van der Waals surface area contributed by atoms with Crippen molar-refractivity contribution in [2.45, 2.75) is 57.4 Å². The van der Waals surface area contributed by atoms with Crippen molar-refractivity contribution in [1.29, 1.82) is 0 Å². The van der Waals surface area contributed by atoms with Crippen LogP contribution in [0.4, 0.5) is 5.82 Å². The maximum Gasteiger partial charge on any atom is 0.178 e. The number of hydrogen-bond acceptors (Lipinski definition) is 4. The molecule has 2 bridgehead atoms. The minimum atomic E-state index is 0.501. The quantitative estimate of drug-likeness (QED) is 0.941. The first-order chi connectivity index (χ1) is 10.8. The Hall–Kier alpha value is -1.65. The van der Waals surface area contributed by atoms with Gasteiger partial charge in [-0.25, -0.2) is 0 Å². The van der Waals surface area contributed by atoms with Gasteiger partial charge in [0.1, 0.15) is 5.82 Å². The van der Waals surface area contributed by atoms with Gasteiger partial charge in [0, 0.05) is 12.0 Å². The third-order valence-corrected chi connectivity index (χ3v) is 6.04. The monoisotopic (exact) mass is 297 g/mol. The van der Waals surface area contributed by atoms with Gasteiger partial charge in [-0.05, 0) is 68.9 Å². The average Bonchev–Trinajstić information content (AvgIpc) is 2.98. The molecule has 0 radical (unpaired) electrons. The smallest absolute Gasteiger partial charge is 0.178 e. The second-order valence-electron chi connectivity index (χ2n) is 7.59. The lowest BCUT2D eigenvalue weighted by molar-refractivity contribution is 0.304. The van der Waals surface area contributed by atoms with Gasteiger partial charge < -0.3 is 5.32 Å². The van der Waals surface area contributed by atoms with Crippen LogP contribution in [0.5, 0.6) is 0 Å². The van der Waals surface area contributed by atoms with E-state index < -0.39 is 0 Å². The summed E-state index contributed by atoms with van der Waals surface area (Å²) in [7, 11) is 0. The number of fused-ring (bicyclic) bond motifs is 3. The summed E-state index contributed by atoms with van der Waals surface area (Å²) in [6.07, 6.45) is 8.21. The fourth-order valence-corrected chi connectivity index (χ4v) is 4.73. The second-order valence-corrected chi connectivity index (χ2v) is 7.59. The van der Waals surface area contributed by atoms with Crippen molar-refractivity contribution in [3.63, 3.8) is 0 Å². The highest BCUT2D eigenvalue weighted by Gasteiger charge is 2.41. The highest BCUT2D eigenvalue weighted by Crippen LogP contribution is 2.49. The standard InChI is InChI=1S/C17H23N5/c1-10(14-9-11-2-3-13(14)8-11)18-15-6-7-16-19-20-17(12-4-5-12)22(16)21-15/h6-7,10-14H,2-5,8-9H2,1H3,(H,18,21). The number of rotatable bonds is 4. The Morgan fingerprint density at radius 3 is 2.77 bits per heavy atom. The van der Waals surface area contributed by atoms with E-state index in [4.69, 9.17) is 5.10 Å². The molecule has 5 heteroatoms. The second kappa shape index (κ2) is 4.67. The van der Waals surface area contributed by atoms with Gasteiger partial charge in [-0.2, -0.15) is 4.52 Å². The molecule has 5 nitrogen and oxygen atoms in total. The summed E-state index contributed by atoms with van der Waals surface area (Å²) in [6, 6.07) is 4.58. The molecule has 4 unspecified atom stereocenters. The molecular weight excluding hydrogens is 274 g/mol. The molecular formula is C17H23N5. The molecule has 0 amide bonds. The molecule has 5 rings (SSSR count). The van der Waals surface area contributed by atoms with Crippen LogP contribution in [-0.4, -0.2) is 25.9 Å². The highest BCUT2D eigenvalue weighted by atomic mass is 15.4. The van der Waals surface area contributed by atoms with Crippen LogP contribution < -0.4 is 5.32 Å². The van der Waals surface area contributed by atoms with Crippen LogP contribution in [0.15, 0.2) is 12.1 Å². The Bertz CT molecular complexity index is 704. The summed E-state index contributed by atoms with van der Waals surface area (Å²) in [4.78, 5) is 0. The fraction of sp³-hybridized carbons (Fsp3) is 0.706. The Morgan fingerprint density at radius 1 is 1.14 bits per heavy atom. The molecule has 1 N–H and O–H groups in total. The zero-order valence-electron chi connectivity index (χ0n) is 13.1. The van der Waals surface area contributed by atoms with Crippen LogP contribution in [0.1, 0.15) is 57.2 Å². The summed E-state index contributed by atoms with van der Waals surface area (Å²) < 4.78 is 1.94. The zero-order chi connectivity index (χ0) is 14.7. The van der Waals surface area contributed by atoms with E-state index in [-0.39, 0.29) is 0 Å². The first-order valence-corrected chi connectivity index (χ1v) is 8.77. The molecule has 3 saturated carbocycles. The van der Waals surface area contributed by atoms with E-state index in [1.54, 1.807) is 0 Å². The van der Waals surface area contributed by atoms with Crippen molar-refractivity contribution in [2.75, 3.05) is 5.32 Å². The third-order valence-electron chi connectivity index (χ3n) is 6.04. The number of aromatic nitrogens is 4. The van der Waals surface area contributed by atoms with Crippen LogP contribution in [0.3, 0.4) is 0 Å². The molecule has 0 aromatic carbocycles. The maximum atomic E-state index is 4.75. The van der Waals surface area contributed by atoms with Crippen molar-refractivity contribution in [3.05, 3.63) is 18.0 Å². The molecule has 3 aliphatic rings. The summed E-state index contributed by atoms with van der Waals surface area (Å²) in [5.74, 6) is 5.32. The Morgan fingerprint density at radius 2 is 2.05 bits per heavy atom. The molecule has 4 atom stereocenters. The van der Waals surface area contributed by atoms with Crippen molar-refractivity contribution < 1.29 is 0 Å². The largest absolute Gasteiger partial charge is 0.366 e. The van der Waals surface area contributed by atoms with Gasteiger partial charge in [0.2, 0.25) is 0 Å². The van der Waals surface area contributed by atoms with E-state index >= 15 is 0 Å². The predicted molar refractivity (Wildman–Crippen MR) is 84.8 cm³/mol. The van der Waals surface area contributed by atoms with Crippen LogP contribution in [0.2, 0.25) is 0 Å². The van der Waals surface area contributed by atoms with Gasteiger partial charge in [0.15, 0.2) is 11.5 Å². The molecule has 2 heterocycles. The topological polar surface area (TPSA) is 55.1 Å². The van der Waals surface area contributed by atoms with Crippen LogP contribution >= 0.6 is 0 Å². The summed E-state index contributed by atoms with van der Waals surface area (Å²) >= 11 is 0. The fourth-order valence-electron chi connectivity index (χ4n) is 4.73. The molecule has 0 saturated heterocycles. The zero-order valence-corrected chi connectivity index (χ0v) is 13.1. The minimum Gasteiger partial charge on any atom is -0.366 e. The molecule has 3 fully saturated rings. The van der Waals surface area contributed by atoms with Crippen molar-refractivity contribution in [3.8, 4) is 0 Å². The maximum absolute atomic E-state index is 4.75. The van der Waals surface area contributed by atoms with E-state index in [0.717, 1.165) is 35.0 Å². The third kappa shape index (κ3) is 2.02. The lowest BCUT2D eigenvalue weighted by Crippen LogP contribution is -2.30. The average molecular weight is 297 g/mol. The van der Waals surface area contributed by atoms with E-state index in [2.05, 4.69) is 22.4 Å². The molecule has 0 aliphatic heterocycles. The molecule has 0 spiro atoms. The number of hydrogen-bond donors (Lipinski definition) is 1. The molecule has 3 aliphatic carbocycles.